The standard InChI is InChI=1S/C21H14ClN3O/c1-3-15-16-11-10-14(12-18(16)26-17(15)4-2)20-23-19(24-21(22)25-20)13-8-6-5-7-9-13/h3-12H,1-2H2. The van der Waals surface area contributed by atoms with Gasteiger partial charge in [0.05, 0.1) is 0 Å². The molecular weight excluding hydrogens is 346 g/mol. The van der Waals surface area contributed by atoms with Gasteiger partial charge in [-0.1, -0.05) is 55.6 Å². The zero-order chi connectivity index (χ0) is 18.1. The average molecular weight is 360 g/mol. The van der Waals surface area contributed by atoms with Crippen LogP contribution < -0.4 is 0 Å². The fraction of sp³-hybridized carbons (Fsp3) is 0. The molecule has 0 N–H and O–H groups in total. The predicted octanol–water partition coefficient (Wildman–Crippen LogP) is 5.89. The lowest BCUT2D eigenvalue weighted by Crippen LogP contribution is -1.97. The van der Waals surface area contributed by atoms with E-state index >= 15 is 0 Å². The highest BCUT2D eigenvalue weighted by molar-refractivity contribution is 6.28. The van der Waals surface area contributed by atoms with Crippen molar-refractivity contribution in [3.05, 3.63) is 78.3 Å². The van der Waals surface area contributed by atoms with Crippen LogP contribution in [-0.2, 0) is 0 Å². The highest BCUT2D eigenvalue weighted by Crippen LogP contribution is 2.31. The first-order valence-corrected chi connectivity index (χ1v) is 8.36. The minimum Gasteiger partial charge on any atom is -0.456 e. The van der Waals surface area contributed by atoms with Crippen LogP contribution in [0.5, 0.6) is 0 Å². The van der Waals surface area contributed by atoms with E-state index < -0.39 is 0 Å². The Balaban J connectivity index is 1.86. The number of furan rings is 1. The number of rotatable bonds is 4. The zero-order valence-corrected chi connectivity index (χ0v) is 14.6. The molecule has 0 saturated carbocycles. The monoisotopic (exact) mass is 359 g/mol. The molecule has 2 aromatic heterocycles. The molecule has 0 aliphatic rings. The molecule has 4 rings (SSSR count). The van der Waals surface area contributed by atoms with Crippen molar-refractivity contribution in [2.75, 3.05) is 0 Å². The van der Waals surface area contributed by atoms with Crippen molar-refractivity contribution in [2.24, 2.45) is 0 Å². The predicted molar refractivity (Wildman–Crippen MR) is 106 cm³/mol. The van der Waals surface area contributed by atoms with Crippen molar-refractivity contribution in [1.82, 2.24) is 15.0 Å². The molecule has 0 bridgehead atoms. The molecule has 0 amide bonds. The first kappa shape index (κ1) is 16.2. The van der Waals surface area contributed by atoms with Gasteiger partial charge in [0.15, 0.2) is 11.6 Å². The maximum atomic E-state index is 6.13. The van der Waals surface area contributed by atoms with Gasteiger partial charge in [-0.3, -0.25) is 0 Å². The fourth-order valence-electron chi connectivity index (χ4n) is 2.83. The highest BCUT2D eigenvalue weighted by atomic mass is 35.5. The molecule has 26 heavy (non-hydrogen) atoms. The van der Waals surface area contributed by atoms with Crippen LogP contribution in [-0.4, -0.2) is 15.0 Å². The van der Waals surface area contributed by atoms with Gasteiger partial charge >= 0.3 is 0 Å². The summed E-state index contributed by atoms with van der Waals surface area (Å²) >= 11 is 6.13. The van der Waals surface area contributed by atoms with E-state index in [2.05, 4.69) is 28.1 Å². The van der Waals surface area contributed by atoms with Crippen LogP contribution in [0.3, 0.4) is 0 Å². The molecule has 4 nitrogen and oxygen atoms in total. The van der Waals surface area contributed by atoms with E-state index in [9.17, 15) is 0 Å². The van der Waals surface area contributed by atoms with Crippen molar-refractivity contribution in [3.63, 3.8) is 0 Å². The Labute approximate surface area is 155 Å². The normalized spacial score (nSPS) is 10.8. The Morgan fingerprint density at radius 2 is 1.58 bits per heavy atom. The van der Waals surface area contributed by atoms with E-state index in [-0.39, 0.29) is 5.28 Å². The van der Waals surface area contributed by atoms with E-state index in [0.717, 1.165) is 22.1 Å². The van der Waals surface area contributed by atoms with Crippen LogP contribution in [0.15, 0.2) is 66.1 Å². The van der Waals surface area contributed by atoms with Gasteiger partial charge in [-0.05, 0) is 29.8 Å². The molecule has 0 saturated heterocycles. The first-order chi connectivity index (χ1) is 12.7. The number of benzene rings is 2. The smallest absolute Gasteiger partial charge is 0.226 e. The Hall–Kier alpha value is -3.24. The Morgan fingerprint density at radius 3 is 2.27 bits per heavy atom. The van der Waals surface area contributed by atoms with Gasteiger partial charge in [0.1, 0.15) is 11.3 Å². The molecule has 5 heteroatoms. The van der Waals surface area contributed by atoms with Crippen molar-refractivity contribution in [1.29, 1.82) is 0 Å². The number of halogens is 1. The van der Waals surface area contributed by atoms with Crippen LogP contribution in [0, 0.1) is 0 Å². The second-order valence-electron chi connectivity index (χ2n) is 5.62. The van der Waals surface area contributed by atoms with Gasteiger partial charge in [0.25, 0.3) is 0 Å². The number of nitrogens with zero attached hydrogens (tertiary/aromatic N) is 3. The van der Waals surface area contributed by atoms with Crippen molar-refractivity contribution >= 4 is 34.7 Å². The summed E-state index contributed by atoms with van der Waals surface area (Å²) in [4.78, 5) is 13.1. The lowest BCUT2D eigenvalue weighted by molar-refractivity contribution is 0.603. The van der Waals surface area contributed by atoms with Gasteiger partial charge < -0.3 is 4.42 Å². The van der Waals surface area contributed by atoms with Gasteiger partial charge in [-0.2, -0.15) is 9.97 Å². The van der Waals surface area contributed by atoms with E-state index in [1.165, 1.54) is 0 Å². The van der Waals surface area contributed by atoms with E-state index in [1.807, 2.05) is 48.5 Å². The summed E-state index contributed by atoms with van der Waals surface area (Å²) in [5, 5.41) is 1.11. The van der Waals surface area contributed by atoms with Crippen LogP contribution >= 0.6 is 11.6 Å². The molecule has 0 aliphatic carbocycles. The molecular formula is C21H14ClN3O. The van der Waals surface area contributed by atoms with Crippen molar-refractivity contribution in [3.8, 4) is 22.8 Å². The zero-order valence-electron chi connectivity index (χ0n) is 13.8. The van der Waals surface area contributed by atoms with E-state index in [4.69, 9.17) is 16.0 Å². The molecule has 2 aromatic carbocycles. The van der Waals surface area contributed by atoms with Gasteiger partial charge in [0, 0.05) is 22.1 Å². The molecule has 4 aromatic rings. The van der Waals surface area contributed by atoms with Crippen LogP contribution in [0.4, 0.5) is 0 Å². The molecule has 2 heterocycles. The van der Waals surface area contributed by atoms with Crippen LogP contribution in [0.1, 0.15) is 11.3 Å². The minimum atomic E-state index is 0.145. The van der Waals surface area contributed by atoms with E-state index in [0.29, 0.717) is 23.0 Å². The highest BCUT2D eigenvalue weighted by Gasteiger charge is 2.13. The lowest BCUT2D eigenvalue weighted by Gasteiger charge is -2.05. The lowest BCUT2D eigenvalue weighted by atomic mass is 10.1. The second-order valence-corrected chi connectivity index (χ2v) is 5.95. The molecule has 0 spiro atoms. The largest absolute Gasteiger partial charge is 0.456 e. The fourth-order valence-corrected chi connectivity index (χ4v) is 2.99. The molecule has 0 atom stereocenters. The Morgan fingerprint density at radius 1 is 0.846 bits per heavy atom. The Bertz CT molecular complexity index is 1130. The average Bonchev–Trinajstić information content (AvgIpc) is 3.05. The SMILES string of the molecule is C=Cc1oc2cc(-c3nc(Cl)nc(-c4ccccc4)n3)ccc2c1C=C. The van der Waals surface area contributed by atoms with E-state index in [1.54, 1.807) is 12.2 Å². The maximum absolute atomic E-state index is 6.13. The number of hydrogen-bond acceptors (Lipinski definition) is 4. The molecule has 0 fully saturated rings. The topological polar surface area (TPSA) is 51.8 Å². The summed E-state index contributed by atoms with van der Waals surface area (Å²) in [7, 11) is 0. The third-order valence-corrected chi connectivity index (χ3v) is 4.21. The number of aromatic nitrogens is 3. The molecule has 0 aliphatic heterocycles. The summed E-state index contributed by atoms with van der Waals surface area (Å²) in [6.07, 6.45) is 3.43. The van der Waals surface area contributed by atoms with Gasteiger partial charge in [-0.15, -0.1) is 0 Å². The molecule has 0 radical (unpaired) electrons. The van der Waals surface area contributed by atoms with Gasteiger partial charge in [0.2, 0.25) is 5.28 Å². The molecule has 0 unspecified atom stereocenters. The van der Waals surface area contributed by atoms with Crippen molar-refractivity contribution in [2.45, 2.75) is 0 Å². The summed E-state index contributed by atoms with van der Waals surface area (Å²) in [6.45, 7) is 7.62. The molecule has 126 valence electrons. The summed E-state index contributed by atoms with van der Waals surface area (Å²) in [5.41, 5.74) is 3.30. The van der Waals surface area contributed by atoms with Crippen molar-refractivity contribution < 1.29 is 4.42 Å². The second kappa shape index (κ2) is 6.58. The third-order valence-electron chi connectivity index (χ3n) is 4.04. The number of hydrogen-bond donors (Lipinski definition) is 0. The maximum Gasteiger partial charge on any atom is 0.226 e. The quantitative estimate of drug-likeness (QED) is 0.455. The summed E-state index contributed by atoms with van der Waals surface area (Å²) < 4.78 is 5.85. The summed E-state index contributed by atoms with van der Waals surface area (Å²) in [6, 6.07) is 15.4. The minimum absolute atomic E-state index is 0.145. The van der Waals surface area contributed by atoms with Gasteiger partial charge in [-0.25, -0.2) is 4.98 Å². The third kappa shape index (κ3) is 2.80. The number of fused-ring (bicyclic) bond motifs is 1. The first-order valence-electron chi connectivity index (χ1n) is 7.98. The van der Waals surface area contributed by atoms with Crippen LogP contribution in [0.2, 0.25) is 5.28 Å². The Kier molecular flexibility index (Phi) is 4.11. The summed E-state index contributed by atoms with van der Waals surface area (Å²) in [5.74, 6) is 1.70. The van der Waals surface area contributed by atoms with Crippen LogP contribution in [0.25, 0.3) is 45.9 Å².